The van der Waals surface area contributed by atoms with E-state index in [1.165, 1.54) is 0 Å². The number of benzene rings is 2. The molecule has 0 fully saturated rings. The maximum absolute atomic E-state index is 12.1. The SMILES string of the molecule is COc1ccc(CN(C)Cn2c(=O)oc3cc(Cl)ccc32)cc1OC. The Labute approximate surface area is 150 Å². The van der Waals surface area contributed by atoms with Gasteiger partial charge in [-0.2, -0.15) is 0 Å². The number of halogens is 1. The fraction of sp³-hybridized carbons (Fsp3) is 0.278. The van der Waals surface area contributed by atoms with Crippen LogP contribution in [0.25, 0.3) is 11.1 Å². The minimum absolute atomic E-state index is 0.391. The van der Waals surface area contributed by atoms with Crippen LogP contribution in [0.4, 0.5) is 0 Å². The van der Waals surface area contributed by atoms with Crippen LogP contribution in [0.2, 0.25) is 5.02 Å². The summed E-state index contributed by atoms with van der Waals surface area (Å²) in [5.74, 6) is 0.952. The zero-order valence-electron chi connectivity index (χ0n) is 14.3. The van der Waals surface area contributed by atoms with Gasteiger partial charge in [-0.15, -0.1) is 0 Å². The lowest BCUT2D eigenvalue weighted by atomic mass is 10.2. The van der Waals surface area contributed by atoms with E-state index < -0.39 is 5.76 Å². The van der Waals surface area contributed by atoms with E-state index in [9.17, 15) is 4.79 Å². The van der Waals surface area contributed by atoms with Crippen molar-refractivity contribution in [1.82, 2.24) is 9.47 Å². The maximum atomic E-state index is 12.1. The fourth-order valence-electron chi connectivity index (χ4n) is 2.76. The number of methoxy groups -OCH3 is 2. The first-order valence-corrected chi connectivity index (χ1v) is 8.08. The van der Waals surface area contributed by atoms with Crippen LogP contribution in [-0.4, -0.2) is 30.7 Å². The highest BCUT2D eigenvalue weighted by Gasteiger charge is 2.12. The molecule has 6 nitrogen and oxygen atoms in total. The summed E-state index contributed by atoms with van der Waals surface area (Å²) in [5.41, 5.74) is 2.25. The molecule has 0 saturated carbocycles. The summed E-state index contributed by atoms with van der Waals surface area (Å²) in [6.07, 6.45) is 0. The number of hydrogen-bond acceptors (Lipinski definition) is 5. The Kier molecular flexibility index (Phi) is 5.01. The van der Waals surface area contributed by atoms with E-state index in [0.717, 1.165) is 5.56 Å². The van der Waals surface area contributed by atoms with Gasteiger partial charge in [0.1, 0.15) is 0 Å². The second kappa shape index (κ2) is 7.21. The molecule has 0 bridgehead atoms. The van der Waals surface area contributed by atoms with Crippen molar-refractivity contribution >= 4 is 22.7 Å². The van der Waals surface area contributed by atoms with Crippen molar-refractivity contribution < 1.29 is 13.9 Å². The number of fused-ring (bicyclic) bond motifs is 1. The van der Waals surface area contributed by atoms with E-state index in [-0.39, 0.29) is 0 Å². The molecule has 7 heteroatoms. The molecule has 0 N–H and O–H groups in total. The monoisotopic (exact) mass is 362 g/mol. The summed E-state index contributed by atoms with van der Waals surface area (Å²) < 4.78 is 17.4. The molecule has 0 aliphatic heterocycles. The Morgan fingerprint density at radius 2 is 1.88 bits per heavy atom. The summed E-state index contributed by atoms with van der Waals surface area (Å²) in [4.78, 5) is 14.1. The lowest BCUT2D eigenvalue weighted by molar-refractivity contribution is 0.253. The van der Waals surface area contributed by atoms with Gasteiger partial charge >= 0.3 is 5.76 Å². The largest absolute Gasteiger partial charge is 0.493 e. The number of ether oxygens (including phenoxy) is 2. The summed E-state index contributed by atoms with van der Waals surface area (Å²) >= 11 is 5.94. The van der Waals surface area contributed by atoms with Gasteiger partial charge < -0.3 is 13.9 Å². The molecule has 3 rings (SSSR count). The molecule has 0 atom stereocenters. The maximum Gasteiger partial charge on any atom is 0.421 e. The first-order chi connectivity index (χ1) is 12.0. The highest BCUT2D eigenvalue weighted by Crippen LogP contribution is 2.28. The van der Waals surface area contributed by atoms with Gasteiger partial charge in [0.05, 0.1) is 26.4 Å². The topological polar surface area (TPSA) is 56.8 Å². The molecular weight excluding hydrogens is 344 g/mol. The van der Waals surface area contributed by atoms with E-state index >= 15 is 0 Å². The lowest BCUT2D eigenvalue weighted by Gasteiger charge is -2.18. The quantitative estimate of drug-likeness (QED) is 0.673. The van der Waals surface area contributed by atoms with Crippen LogP contribution in [-0.2, 0) is 13.2 Å². The van der Waals surface area contributed by atoms with Crippen molar-refractivity contribution in [3.8, 4) is 11.5 Å². The van der Waals surface area contributed by atoms with Crippen LogP contribution in [0, 0.1) is 0 Å². The van der Waals surface area contributed by atoms with Gasteiger partial charge in [0.25, 0.3) is 0 Å². The molecule has 3 aromatic rings. The summed E-state index contributed by atoms with van der Waals surface area (Å²) in [6.45, 7) is 1.02. The Balaban J connectivity index is 1.80. The number of aromatic nitrogens is 1. The van der Waals surface area contributed by atoms with Crippen LogP contribution in [0.5, 0.6) is 11.5 Å². The second-order valence-corrected chi connectivity index (χ2v) is 6.19. The predicted octanol–water partition coefficient (Wildman–Crippen LogP) is 3.35. The molecule has 0 radical (unpaired) electrons. The molecule has 0 saturated heterocycles. The van der Waals surface area contributed by atoms with E-state index in [0.29, 0.717) is 40.8 Å². The van der Waals surface area contributed by atoms with Crippen LogP contribution in [0.1, 0.15) is 5.56 Å². The highest BCUT2D eigenvalue weighted by atomic mass is 35.5. The highest BCUT2D eigenvalue weighted by molar-refractivity contribution is 6.31. The molecular formula is C18H19ClN2O4. The van der Waals surface area contributed by atoms with E-state index in [4.69, 9.17) is 25.5 Å². The molecule has 0 amide bonds. The molecule has 0 aliphatic rings. The Hall–Kier alpha value is -2.44. The molecule has 1 heterocycles. The minimum atomic E-state index is -0.406. The average molecular weight is 363 g/mol. The van der Waals surface area contributed by atoms with Crippen molar-refractivity contribution in [3.05, 3.63) is 57.5 Å². The first kappa shape index (κ1) is 17.4. The summed E-state index contributed by atoms with van der Waals surface area (Å²) in [6, 6.07) is 10.9. The smallest absolute Gasteiger partial charge is 0.421 e. The van der Waals surface area contributed by atoms with Crippen LogP contribution >= 0.6 is 11.6 Å². The molecule has 1 aromatic heterocycles. The number of oxazole rings is 1. The Morgan fingerprint density at radius 1 is 1.12 bits per heavy atom. The normalized spacial score (nSPS) is 11.2. The Morgan fingerprint density at radius 3 is 2.60 bits per heavy atom. The van der Waals surface area contributed by atoms with Gasteiger partial charge in [-0.05, 0) is 36.9 Å². The minimum Gasteiger partial charge on any atom is -0.493 e. The van der Waals surface area contributed by atoms with E-state index in [2.05, 4.69) is 0 Å². The van der Waals surface area contributed by atoms with Gasteiger partial charge in [-0.3, -0.25) is 9.47 Å². The third kappa shape index (κ3) is 3.65. The van der Waals surface area contributed by atoms with Crippen LogP contribution in [0.3, 0.4) is 0 Å². The standard InChI is InChI=1S/C18H19ClN2O4/c1-20(10-12-4-7-15(23-2)17(8-12)24-3)11-21-14-6-5-13(19)9-16(14)25-18(21)22/h4-9H,10-11H2,1-3H3. The zero-order chi connectivity index (χ0) is 18.0. The lowest BCUT2D eigenvalue weighted by Crippen LogP contribution is -2.27. The van der Waals surface area contributed by atoms with Crippen molar-refractivity contribution in [2.45, 2.75) is 13.2 Å². The predicted molar refractivity (Wildman–Crippen MR) is 96.5 cm³/mol. The summed E-state index contributed by atoms with van der Waals surface area (Å²) in [7, 11) is 5.14. The average Bonchev–Trinajstić information content (AvgIpc) is 2.89. The van der Waals surface area contributed by atoms with Gasteiger partial charge in [0, 0.05) is 17.6 Å². The molecule has 0 aliphatic carbocycles. The van der Waals surface area contributed by atoms with Crippen molar-refractivity contribution in [2.75, 3.05) is 21.3 Å². The third-order valence-corrected chi connectivity index (χ3v) is 4.15. The number of rotatable bonds is 6. The zero-order valence-corrected chi connectivity index (χ0v) is 15.0. The number of hydrogen-bond donors (Lipinski definition) is 0. The van der Waals surface area contributed by atoms with Crippen molar-refractivity contribution in [2.24, 2.45) is 0 Å². The molecule has 25 heavy (non-hydrogen) atoms. The third-order valence-electron chi connectivity index (χ3n) is 3.91. The fourth-order valence-corrected chi connectivity index (χ4v) is 2.92. The molecule has 2 aromatic carbocycles. The molecule has 0 spiro atoms. The Bertz CT molecular complexity index is 948. The van der Waals surface area contributed by atoms with Crippen LogP contribution < -0.4 is 15.2 Å². The second-order valence-electron chi connectivity index (χ2n) is 5.75. The van der Waals surface area contributed by atoms with E-state index in [1.807, 2.05) is 30.1 Å². The van der Waals surface area contributed by atoms with Gasteiger partial charge in [0.2, 0.25) is 0 Å². The van der Waals surface area contributed by atoms with E-state index in [1.54, 1.807) is 37.0 Å². The first-order valence-electron chi connectivity index (χ1n) is 7.70. The van der Waals surface area contributed by atoms with Crippen LogP contribution in [0.15, 0.2) is 45.6 Å². The van der Waals surface area contributed by atoms with Crippen molar-refractivity contribution in [1.29, 1.82) is 0 Å². The molecule has 132 valence electrons. The van der Waals surface area contributed by atoms with Gasteiger partial charge in [0.15, 0.2) is 17.1 Å². The number of nitrogens with zero attached hydrogens (tertiary/aromatic N) is 2. The van der Waals surface area contributed by atoms with Gasteiger partial charge in [-0.25, -0.2) is 4.79 Å². The summed E-state index contributed by atoms with van der Waals surface area (Å²) in [5, 5.41) is 0.534. The van der Waals surface area contributed by atoms with Crippen molar-refractivity contribution in [3.63, 3.8) is 0 Å². The molecule has 0 unspecified atom stereocenters. The van der Waals surface area contributed by atoms with Gasteiger partial charge in [-0.1, -0.05) is 17.7 Å².